The van der Waals surface area contributed by atoms with E-state index in [2.05, 4.69) is 22.4 Å². The van der Waals surface area contributed by atoms with Crippen LogP contribution in [0, 0.1) is 25.2 Å². The van der Waals surface area contributed by atoms with Crippen LogP contribution in [-0.4, -0.2) is 4.98 Å². The number of hydrogen-bond donors (Lipinski definition) is 1. The van der Waals surface area contributed by atoms with Gasteiger partial charge in [-0.2, -0.15) is 5.26 Å². The Hall–Kier alpha value is -1.86. The van der Waals surface area contributed by atoms with Crippen LogP contribution in [0.1, 0.15) is 21.7 Å². The summed E-state index contributed by atoms with van der Waals surface area (Å²) in [6.45, 7) is 4.58. The Morgan fingerprint density at radius 3 is 2.94 bits per heavy atom. The average Bonchev–Trinajstić information content (AvgIpc) is 2.78. The summed E-state index contributed by atoms with van der Waals surface area (Å²) in [5.74, 6) is 0.679. The molecule has 86 valence electrons. The average molecular weight is 243 g/mol. The highest BCUT2D eigenvalue weighted by Crippen LogP contribution is 2.19. The van der Waals surface area contributed by atoms with Crippen molar-refractivity contribution in [2.45, 2.75) is 20.4 Å². The summed E-state index contributed by atoms with van der Waals surface area (Å²) in [7, 11) is 0. The van der Waals surface area contributed by atoms with Gasteiger partial charge in [-0.25, -0.2) is 4.98 Å². The van der Waals surface area contributed by atoms with Gasteiger partial charge in [-0.15, -0.1) is 11.3 Å². The van der Waals surface area contributed by atoms with E-state index in [1.54, 1.807) is 11.3 Å². The molecule has 0 saturated heterocycles. The maximum absolute atomic E-state index is 9.12. The fourth-order valence-corrected chi connectivity index (χ4v) is 2.33. The Morgan fingerprint density at radius 1 is 1.47 bits per heavy atom. The fraction of sp³-hybridized carbons (Fsp3) is 0.231. The summed E-state index contributed by atoms with van der Waals surface area (Å²) in [6, 6.07) is 8.20. The second-order valence-electron chi connectivity index (χ2n) is 3.85. The van der Waals surface area contributed by atoms with E-state index >= 15 is 0 Å². The molecular formula is C13H13N3S. The smallest absolute Gasteiger partial charge is 0.144 e. The van der Waals surface area contributed by atoms with Crippen molar-refractivity contribution in [3.63, 3.8) is 0 Å². The molecule has 2 heterocycles. The molecule has 17 heavy (non-hydrogen) atoms. The van der Waals surface area contributed by atoms with Gasteiger partial charge in [0.2, 0.25) is 0 Å². The normalized spacial score (nSPS) is 9.94. The maximum atomic E-state index is 9.12. The summed E-state index contributed by atoms with van der Waals surface area (Å²) in [6.07, 6.45) is 0. The SMILES string of the molecule is Cc1cc(C)c(C#N)c(NCc2cccs2)n1. The molecule has 2 rings (SSSR count). The second kappa shape index (κ2) is 4.98. The van der Waals surface area contributed by atoms with Gasteiger partial charge in [0.1, 0.15) is 11.9 Å². The number of hydrogen-bond acceptors (Lipinski definition) is 4. The molecule has 0 fully saturated rings. The second-order valence-corrected chi connectivity index (χ2v) is 4.88. The van der Waals surface area contributed by atoms with E-state index in [9.17, 15) is 0 Å². The minimum absolute atomic E-state index is 0.632. The van der Waals surface area contributed by atoms with E-state index < -0.39 is 0 Å². The Kier molecular flexibility index (Phi) is 3.40. The lowest BCUT2D eigenvalue weighted by atomic mass is 10.1. The number of thiophene rings is 1. The summed E-state index contributed by atoms with van der Waals surface area (Å²) in [5.41, 5.74) is 2.52. The number of nitriles is 1. The topological polar surface area (TPSA) is 48.7 Å². The highest BCUT2D eigenvalue weighted by atomic mass is 32.1. The first kappa shape index (κ1) is 11.6. The molecule has 2 aromatic rings. The van der Waals surface area contributed by atoms with Crippen LogP contribution in [-0.2, 0) is 6.54 Å². The summed E-state index contributed by atoms with van der Waals surface area (Å²) in [4.78, 5) is 5.61. The van der Waals surface area contributed by atoms with Gasteiger partial charge in [-0.1, -0.05) is 6.07 Å². The number of aryl methyl sites for hydroxylation is 2. The van der Waals surface area contributed by atoms with E-state index in [-0.39, 0.29) is 0 Å². The third-order valence-corrected chi connectivity index (χ3v) is 3.34. The molecule has 1 N–H and O–H groups in total. The van der Waals surface area contributed by atoms with Gasteiger partial charge in [0, 0.05) is 10.6 Å². The van der Waals surface area contributed by atoms with Crippen molar-refractivity contribution in [1.29, 1.82) is 5.26 Å². The zero-order valence-electron chi connectivity index (χ0n) is 9.82. The van der Waals surface area contributed by atoms with Gasteiger partial charge in [0.25, 0.3) is 0 Å². The number of anilines is 1. The van der Waals surface area contributed by atoms with Gasteiger partial charge in [0.15, 0.2) is 0 Å². The van der Waals surface area contributed by atoms with Gasteiger partial charge >= 0.3 is 0 Å². The van der Waals surface area contributed by atoms with Crippen molar-refractivity contribution in [3.05, 3.63) is 45.3 Å². The largest absolute Gasteiger partial charge is 0.364 e. The van der Waals surface area contributed by atoms with Crippen LogP contribution in [0.2, 0.25) is 0 Å². The molecule has 0 saturated carbocycles. The van der Waals surface area contributed by atoms with Crippen molar-refractivity contribution in [2.75, 3.05) is 5.32 Å². The predicted molar refractivity (Wildman–Crippen MR) is 70.1 cm³/mol. The standard InChI is InChI=1S/C13H13N3S/c1-9-6-10(2)16-13(12(9)7-14)15-8-11-4-3-5-17-11/h3-6H,8H2,1-2H3,(H,15,16). The van der Waals surface area contributed by atoms with Crippen LogP contribution in [0.25, 0.3) is 0 Å². The number of pyridine rings is 1. The molecule has 0 unspecified atom stereocenters. The molecule has 0 spiro atoms. The van der Waals surface area contributed by atoms with Crippen molar-refractivity contribution in [1.82, 2.24) is 4.98 Å². The molecule has 2 aromatic heterocycles. The third kappa shape index (κ3) is 2.63. The lowest BCUT2D eigenvalue weighted by molar-refractivity contribution is 1.09. The molecule has 4 heteroatoms. The summed E-state index contributed by atoms with van der Waals surface area (Å²) in [5, 5.41) is 14.4. The van der Waals surface area contributed by atoms with E-state index in [0.29, 0.717) is 17.9 Å². The molecule has 0 aromatic carbocycles. The molecule has 0 bridgehead atoms. The van der Waals surface area contributed by atoms with Crippen LogP contribution in [0.3, 0.4) is 0 Å². The lowest BCUT2D eigenvalue weighted by Gasteiger charge is -2.09. The summed E-state index contributed by atoms with van der Waals surface area (Å²) >= 11 is 1.69. The highest BCUT2D eigenvalue weighted by molar-refractivity contribution is 7.09. The van der Waals surface area contributed by atoms with E-state index in [1.807, 2.05) is 31.4 Å². The van der Waals surface area contributed by atoms with Crippen LogP contribution >= 0.6 is 11.3 Å². The molecular weight excluding hydrogens is 230 g/mol. The van der Waals surface area contributed by atoms with Crippen LogP contribution in [0.4, 0.5) is 5.82 Å². The van der Waals surface area contributed by atoms with Crippen LogP contribution < -0.4 is 5.32 Å². The number of nitrogens with zero attached hydrogens (tertiary/aromatic N) is 2. The van der Waals surface area contributed by atoms with E-state index in [0.717, 1.165) is 11.3 Å². The monoisotopic (exact) mass is 243 g/mol. The van der Waals surface area contributed by atoms with Crippen LogP contribution in [0.5, 0.6) is 0 Å². The Balaban J connectivity index is 2.23. The number of rotatable bonds is 3. The van der Waals surface area contributed by atoms with Crippen molar-refractivity contribution in [3.8, 4) is 6.07 Å². The molecule has 0 atom stereocenters. The van der Waals surface area contributed by atoms with Gasteiger partial charge in [-0.3, -0.25) is 0 Å². The minimum atomic E-state index is 0.632. The highest BCUT2D eigenvalue weighted by Gasteiger charge is 2.08. The van der Waals surface area contributed by atoms with E-state index in [1.165, 1.54) is 4.88 Å². The van der Waals surface area contributed by atoms with Gasteiger partial charge in [0.05, 0.1) is 12.1 Å². The maximum Gasteiger partial charge on any atom is 0.144 e. The first-order valence-corrected chi connectivity index (χ1v) is 6.23. The first-order valence-electron chi connectivity index (χ1n) is 5.35. The zero-order chi connectivity index (χ0) is 12.3. The zero-order valence-corrected chi connectivity index (χ0v) is 10.6. The van der Waals surface area contributed by atoms with Crippen molar-refractivity contribution >= 4 is 17.2 Å². The number of aromatic nitrogens is 1. The minimum Gasteiger partial charge on any atom is -0.364 e. The molecule has 0 aliphatic heterocycles. The van der Waals surface area contributed by atoms with Crippen LogP contribution in [0.15, 0.2) is 23.6 Å². The fourth-order valence-electron chi connectivity index (χ4n) is 1.69. The Bertz CT molecular complexity index is 553. The molecule has 3 nitrogen and oxygen atoms in total. The van der Waals surface area contributed by atoms with Crippen molar-refractivity contribution in [2.24, 2.45) is 0 Å². The lowest BCUT2D eigenvalue weighted by Crippen LogP contribution is -2.04. The molecule has 0 aliphatic carbocycles. The van der Waals surface area contributed by atoms with E-state index in [4.69, 9.17) is 5.26 Å². The number of nitrogens with one attached hydrogen (secondary N) is 1. The van der Waals surface area contributed by atoms with Gasteiger partial charge < -0.3 is 5.32 Å². The Morgan fingerprint density at radius 2 is 2.29 bits per heavy atom. The third-order valence-electron chi connectivity index (χ3n) is 2.47. The quantitative estimate of drug-likeness (QED) is 0.900. The Labute approximate surface area is 105 Å². The molecule has 0 radical (unpaired) electrons. The molecule has 0 amide bonds. The predicted octanol–water partition coefficient (Wildman–Crippen LogP) is 3.24. The van der Waals surface area contributed by atoms with Crippen molar-refractivity contribution < 1.29 is 0 Å². The molecule has 0 aliphatic rings. The van der Waals surface area contributed by atoms with Gasteiger partial charge in [-0.05, 0) is 36.9 Å². The summed E-state index contributed by atoms with van der Waals surface area (Å²) < 4.78 is 0. The first-order chi connectivity index (χ1) is 8.20.